The summed E-state index contributed by atoms with van der Waals surface area (Å²) in [5.41, 5.74) is 5.49. The van der Waals surface area contributed by atoms with E-state index in [2.05, 4.69) is 20.4 Å². The fraction of sp³-hybridized carbons (Fsp3) is 0.0870. The lowest BCUT2D eigenvalue weighted by atomic mass is 10.0. The van der Waals surface area contributed by atoms with Crippen LogP contribution in [-0.4, -0.2) is 26.2 Å². The molecule has 0 amide bonds. The van der Waals surface area contributed by atoms with Crippen LogP contribution in [0.15, 0.2) is 72.8 Å². The zero-order valence-electron chi connectivity index (χ0n) is 15.6. The van der Waals surface area contributed by atoms with Crippen LogP contribution in [-0.2, 0) is 0 Å². The van der Waals surface area contributed by atoms with Gasteiger partial charge in [-0.15, -0.1) is 20.4 Å². The number of aromatic nitrogens is 4. The summed E-state index contributed by atoms with van der Waals surface area (Å²) >= 11 is 0. The second kappa shape index (κ2) is 7.48. The highest BCUT2D eigenvalue weighted by Crippen LogP contribution is 2.22. The summed E-state index contributed by atoms with van der Waals surface area (Å²) in [5, 5.41) is 16.8. The maximum atomic E-state index is 13.0. The first-order valence-electron chi connectivity index (χ1n) is 8.97. The van der Waals surface area contributed by atoms with E-state index in [1.165, 1.54) is 0 Å². The molecule has 0 saturated carbocycles. The molecule has 0 atom stereocenters. The molecule has 136 valence electrons. The number of benzene rings is 2. The highest BCUT2D eigenvalue weighted by Gasteiger charge is 2.20. The van der Waals surface area contributed by atoms with Crippen molar-refractivity contribution in [1.29, 1.82) is 0 Å². The topological polar surface area (TPSA) is 68.6 Å². The minimum atomic E-state index is -0.269. The van der Waals surface area contributed by atoms with E-state index < -0.39 is 0 Å². The zero-order valence-corrected chi connectivity index (χ0v) is 15.6. The van der Waals surface area contributed by atoms with Crippen molar-refractivity contribution in [3.05, 3.63) is 95.3 Å². The van der Waals surface area contributed by atoms with Gasteiger partial charge in [-0.1, -0.05) is 60.7 Å². The number of carbonyl (C=O) groups excluding carboxylic acids is 1. The summed E-state index contributed by atoms with van der Waals surface area (Å²) in [4.78, 5) is 13.0. The molecule has 0 spiro atoms. The van der Waals surface area contributed by atoms with Gasteiger partial charge in [0.25, 0.3) is 0 Å². The smallest absolute Gasteiger partial charge is 0.233 e. The van der Waals surface area contributed by atoms with E-state index in [0.717, 1.165) is 33.6 Å². The van der Waals surface area contributed by atoms with Crippen LogP contribution in [0.2, 0.25) is 0 Å². The molecule has 0 radical (unpaired) electrons. The first-order valence-corrected chi connectivity index (χ1v) is 8.97. The third-order valence-electron chi connectivity index (χ3n) is 4.54. The number of hydrogen-bond donors (Lipinski definition) is 0. The van der Waals surface area contributed by atoms with E-state index in [-0.39, 0.29) is 5.78 Å². The molecule has 0 unspecified atom stereocenters. The molecule has 4 aromatic rings. The molecule has 0 aliphatic carbocycles. The van der Waals surface area contributed by atoms with Crippen molar-refractivity contribution in [2.24, 2.45) is 0 Å². The summed E-state index contributed by atoms with van der Waals surface area (Å²) in [6.07, 6.45) is 0. The standard InChI is InChI=1S/C23H18N4O/c1-15-13-19(17-9-5-3-6-10-17)24-26-21(15)23(28)22-16(2)14-20(25-27-22)18-11-7-4-8-12-18/h3-14H,1-2H3. The fourth-order valence-corrected chi connectivity index (χ4v) is 3.03. The van der Waals surface area contributed by atoms with E-state index in [0.29, 0.717) is 11.4 Å². The Bertz CT molecular complexity index is 1050. The van der Waals surface area contributed by atoms with Crippen LogP contribution in [0, 0.1) is 13.8 Å². The predicted molar refractivity (Wildman–Crippen MR) is 108 cm³/mol. The highest BCUT2D eigenvalue weighted by molar-refractivity contribution is 6.08. The second-order valence-corrected chi connectivity index (χ2v) is 6.58. The number of carbonyl (C=O) groups is 1. The lowest BCUT2D eigenvalue weighted by Crippen LogP contribution is -2.13. The lowest BCUT2D eigenvalue weighted by Gasteiger charge is -2.08. The van der Waals surface area contributed by atoms with Crippen LogP contribution in [0.5, 0.6) is 0 Å². The summed E-state index contributed by atoms with van der Waals surface area (Å²) in [5.74, 6) is -0.269. The van der Waals surface area contributed by atoms with Gasteiger partial charge in [0.1, 0.15) is 11.4 Å². The van der Waals surface area contributed by atoms with Gasteiger partial charge in [-0.3, -0.25) is 4.79 Å². The Hall–Kier alpha value is -3.73. The van der Waals surface area contributed by atoms with Crippen LogP contribution in [0.3, 0.4) is 0 Å². The highest BCUT2D eigenvalue weighted by atomic mass is 16.1. The molecule has 0 fully saturated rings. The minimum Gasteiger partial charge on any atom is -0.285 e. The van der Waals surface area contributed by atoms with E-state index in [1.54, 1.807) is 0 Å². The van der Waals surface area contributed by atoms with Crippen LogP contribution >= 0.6 is 0 Å². The molecule has 0 aliphatic rings. The van der Waals surface area contributed by atoms with E-state index in [9.17, 15) is 4.79 Å². The van der Waals surface area contributed by atoms with Crippen LogP contribution in [0.4, 0.5) is 0 Å². The molecule has 4 rings (SSSR count). The molecule has 2 heterocycles. The average molecular weight is 366 g/mol. The summed E-state index contributed by atoms with van der Waals surface area (Å²) in [6, 6.07) is 23.3. The monoisotopic (exact) mass is 366 g/mol. The second-order valence-electron chi connectivity index (χ2n) is 6.58. The van der Waals surface area contributed by atoms with Crippen LogP contribution in [0.25, 0.3) is 22.5 Å². The summed E-state index contributed by atoms with van der Waals surface area (Å²) in [7, 11) is 0. The number of ketones is 1. The SMILES string of the molecule is Cc1cc(-c2ccccc2)nnc1C(=O)c1nnc(-c2ccccc2)cc1C. The molecule has 0 saturated heterocycles. The fourth-order valence-electron chi connectivity index (χ4n) is 3.03. The van der Waals surface area contributed by atoms with Crippen molar-refractivity contribution in [2.45, 2.75) is 13.8 Å². The van der Waals surface area contributed by atoms with Crippen molar-refractivity contribution in [3.8, 4) is 22.5 Å². The predicted octanol–water partition coefficient (Wildman–Crippen LogP) is 4.45. The Labute approximate surface area is 163 Å². The summed E-state index contributed by atoms with van der Waals surface area (Å²) < 4.78 is 0. The van der Waals surface area contributed by atoms with Gasteiger partial charge >= 0.3 is 0 Å². The van der Waals surface area contributed by atoms with E-state index in [4.69, 9.17) is 0 Å². The van der Waals surface area contributed by atoms with Crippen LogP contribution < -0.4 is 0 Å². The lowest BCUT2D eigenvalue weighted by molar-refractivity contribution is 0.102. The van der Waals surface area contributed by atoms with Gasteiger partial charge in [-0.2, -0.15) is 0 Å². The van der Waals surface area contributed by atoms with Gasteiger partial charge in [0.05, 0.1) is 11.4 Å². The first kappa shape index (κ1) is 17.7. The van der Waals surface area contributed by atoms with Gasteiger partial charge < -0.3 is 0 Å². The van der Waals surface area contributed by atoms with Gasteiger partial charge in [0, 0.05) is 11.1 Å². The Kier molecular flexibility index (Phi) is 4.72. The third kappa shape index (κ3) is 3.42. The first-order chi connectivity index (χ1) is 13.6. The van der Waals surface area contributed by atoms with E-state index >= 15 is 0 Å². The molecule has 5 nitrogen and oxygen atoms in total. The zero-order chi connectivity index (χ0) is 19.5. The molecular formula is C23H18N4O. The van der Waals surface area contributed by atoms with E-state index in [1.807, 2.05) is 86.6 Å². The molecule has 0 aliphatic heterocycles. The summed E-state index contributed by atoms with van der Waals surface area (Å²) in [6.45, 7) is 3.71. The molecule has 2 aromatic carbocycles. The van der Waals surface area contributed by atoms with Gasteiger partial charge in [-0.05, 0) is 37.1 Å². The largest absolute Gasteiger partial charge is 0.285 e. The Morgan fingerprint density at radius 2 is 1.00 bits per heavy atom. The van der Waals surface area contributed by atoms with Gasteiger partial charge in [0.2, 0.25) is 5.78 Å². The Morgan fingerprint density at radius 3 is 1.36 bits per heavy atom. The molecule has 28 heavy (non-hydrogen) atoms. The van der Waals surface area contributed by atoms with Crippen molar-refractivity contribution < 1.29 is 4.79 Å². The molecule has 0 bridgehead atoms. The molecule has 2 aromatic heterocycles. The number of aryl methyl sites for hydroxylation is 2. The minimum absolute atomic E-state index is 0.269. The Morgan fingerprint density at radius 1 is 0.607 bits per heavy atom. The Balaban J connectivity index is 1.66. The van der Waals surface area contributed by atoms with Crippen molar-refractivity contribution in [2.75, 3.05) is 0 Å². The number of nitrogens with zero attached hydrogens (tertiary/aromatic N) is 4. The maximum Gasteiger partial charge on any atom is 0.233 e. The van der Waals surface area contributed by atoms with Crippen molar-refractivity contribution >= 4 is 5.78 Å². The number of hydrogen-bond acceptors (Lipinski definition) is 5. The molecular weight excluding hydrogens is 348 g/mol. The maximum absolute atomic E-state index is 13.0. The molecule has 0 N–H and O–H groups in total. The average Bonchev–Trinajstić information content (AvgIpc) is 2.74. The normalized spacial score (nSPS) is 10.6. The third-order valence-corrected chi connectivity index (χ3v) is 4.54. The number of rotatable bonds is 4. The quantitative estimate of drug-likeness (QED) is 0.499. The van der Waals surface area contributed by atoms with Crippen molar-refractivity contribution in [3.63, 3.8) is 0 Å². The van der Waals surface area contributed by atoms with Crippen LogP contribution in [0.1, 0.15) is 27.3 Å². The van der Waals surface area contributed by atoms with Crippen molar-refractivity contribution in [1.82, 2.24) is 20.4 Å². The molecule has 5 heteroatoms. The van der Waals surface area contributed by atoms with Gasteiger partial charge in [-0.25, -0.2) is 0 Å². The van der Waals surface area contributed by atoms with Gasteiger partial charge in [0.15, 0.2) is 0 Å².